The van der Waals surface area contributed by atoms with Gasteiger partial charge in [0, 0.05) is 13.0 Å². The molecule has 2 N–H and O–H groups in total. The zero-order valence-corrected chi connectivity index (χ0v) is 12.9. The van der Waals surface area contributed by atoms with Gasteiger partial charge in [0.25, 0.3) is 0 Å². The summed E-state index contributed by atoms with van der Waals surface area (Å²) in [6.45, 7) is 2.67. The van der Waals surface area contributed by atoms with Crippen LogP contribution in [-0.2, 0) is 11.2 Å². The van der Waals surface area contributed by atoms with E-state index in [-0.39, 0.29) is 5.56 Å². The molecule has 0 heterocycles. The molecular weight excluding hydrogens is 294 g/mol. The van der Waals surface area contributed by atoms with Crippen molar-refractivity contribution in [3.05, 3.63) is 59.7 Å². The van der Waals surface area contributed by atoms with Crippen molar-refractivity contribution in [3.8, 4) is 11.1 Å². The van der Waals surface area contributed by atoms with Crippen molar-refractivity contribution in [1.29, 1.82) is 0 Å². The van der Waals surface area contributed by atoms with Gasteiger partial charge in [-0.15, -0.1) is 0 Å². The van der Waals surface area contributed by atoms with Crippen LogP contribution in [0.1, 0.15) is 22.8 Å². The van der Waals surface area contributed by atoms with Gasteiger partial charge in [-0.2, -0.15) is 0 Å². The molecule has 5 nitrogen and oxygen atoms in total. The van der Waals surface area contributed by atoms with E-state index in [0.717, 1.165) is 11.1 Å². The number of carboxylic acids is 1. The Bertz CT molecular complexity index is 680. The monoisotopic (exact) mass is 313 g/mol. The van der Waals surface area contributed by atoms with E-state index < -0.39 is 12.1 Å². The van der Waals surface area contributed by atoms with Crippen LogP contribution in [0.4, 0.5) is 4.79 Å². The Morgan fingerprint density at radius 1 is 1.09 bits per heavy atom. The third-order valence-electron chi connectivity index (χ3n) is 3.37. The van der Waals surface area contributed by atoms with Crippen LogP contribution in [0, 0.1) is 0 Å². The summed E-state index contributed by atoms with van der Waals surface area (Å²) in [4.78, 5) is 22.5. The predicted octanol–water partition coefficient (Wildman–Crippen LogP) is 3.34. The van der Waals surface area contributed by atoms with Crippen molar-refractivity contribution in [1.82, 2.24) is 5.32 Å². The maximum absolute atomic E-state index is 11.3. The first kappa shape index (κ1) is 16.5. The van der Waals surface area contributed by atoms with E-state index in [2.05, 4.69) is 5.32 Å². The number of alkyl carbamates (subject to hydrolysis) is 1. The standard InChI is InChI=1S/C18H19NO4/c1-2-19-18(22)23-12-11-13-7-9-14(10-8-13)15-5-3-4-6-16(15)17(20)21/h3-10H,2,11-12H2,1H3,(H,19,22)(H,20,21). The third kappa shape index (κ3) is 4.57. The lowest BCUT2D eigenvalue weighted by Crippen LogP contribution is -2.24. The van der Waals surface area contributed by atoms with Crippen molar-refractivity contribution in [2.45, 2.75) is 13.3 Å². The van der Waals surface area contributed by atoms with Crippen molar-refractivity contribution in [2.75, 3.05) is 13.2 Å². The van der Waals surface area contributed by atoms with Crippen LogP contribution in [0.3, 0.4) is 0 Å². The number of amides is 1. The van der Waals surface area contributed by atoms with E-state index in [1.54, 1.807) is 18.2 Å². The highest BCUT2D eigenvalue weighted by atomic mass is 16.5. The lowest BCUT2D eigenvalue weighted by atomic mass is 9.98. The summed E-state index contributed by atoms with van der Waals surface area (Å²) < 4.78 is 5.02. The molecule has 0 aromatic heterocycles. The van der Waals surface area contributed by atoms with Crippen molar-refractivity contribution < 1.29 is 19.4 Å². The second kappa shape index (κ2) is 7.98. The summed E-state index contributed by atoms with van der Waals surface area (Å²) in [5.41, 5.74) is 2.83. The first-order valence-corrected chi connectivity index (χ1v) is 7.44. The van der Waals surface area contributed by atoms with Crippen LogP contribution in [0.5, 0.6) is 0 Å². The highest BCUT2D eigenvalue weighted by molar-refractivity contribution is 5.95. The average Bonchev–Trinajstić information content (AvgIpc) is 2.56. The molecular formula is C18H19NO4. The zero-order valence-electron chi connectivity index (χ0n) is 12.9. The number of hydrogen-bond donors (Lipinski definition) is 2. The quantitative estimate of drug-likeness (QED) is 0.857. The SMILES string of the molecule is CCNC(=O)OCCc1ccc(-c2ccccc2C(=O)O)cc1. The Hall–Kier alpha value is -2.82. The largest absolute Gasteiger partial charge is 0.478 e. The van der Waals surface area contributed by atoms with E-state index in [1.165, 1.54) is 0 Å². The van der Waals surface area contributed by atoms with Gasteiger partial charge in [-0.05, 0) is 29.7 Å². The van der Waals surface area contributed by atoms with Gasteiger partial charge in [-0.25, -0.2) is 9.59 Å². The van der Waals surface area contributed by atoms with Crippen LogP contribution < -0.4 is 5.32 Å². The number of benzene rings is 2. The summed E-state index contributed by atoms with van der Waals surface area (Å²) in [5, 5.41) is 11.8. The fourth-order valence-corrected chi connectivity index (χ4v) is 2.23. The second-order valence-corrected chi connectivity index (χ2v) is 4.96. The first-order valence-electron chi connectivity index (χ1n) is 7.44. The van der Waals surface area contributed by atoms with Gasteiger partial charge in [0.05, 0.1) is 12.2 Å². The molecule has 0 aliphatic rings. The maximum atomic E-state index is 11.3. The summed E-state index contributed by atoms with van der Waals surface area (Å²) in [5.74, 6) is -0.944. The number of ether oxygens (including phenoxy) is 1. The highest BCUT2D eigenvalue weighted by Gasteiger charge is 2.10. The minimum atomic E-state index is -0.944. The summed E-state index contributed by atoms with van der Waals surface area (Å²) in [6.07, 6.45) is 0.192. The van der Waals surface area contributed by atoms with Gasteiger partial charge in [0.15, 0.2) is 0 Å². The number of rotatable bonds is 6. The van der Waals surface area contributed by atoms with Gasteiger partial charge < -0.3 is 15.2 Å². The minimum absolute atomic E-state index is 0.278. The molecule has 0 radical (unpaired) electrons. The smallest absolute Gasteiger partial charge is 0.407 e. The van der Waals surface area contributed by atoms with E-state index in [9.17, 15) is 14.7 Å². The molecule has 0 saturated carbocycles. The molecule has 2 rings (SSSR count). The lowest BCUT2D eigenvalue weighted by Gasteiger charge is -2.08. The van der Waals surface area contributed by atoms with Gasteiger partial charge in [-0.1, -0.05) is 42.5 Å². The molecule has 0 aliphatic carbocycles. The molecule has 0 aliphatic heterocycles. The molecule has 0 fully saturated rings. The summed E-state index contributed by atoms with van der Waals surface area (Å²) in [7, 11) is 0. The molecule has 0 spiro atoms. The predicted molar refractivity (Wildman–Crippen MR) is 87.6 cm³/mol. The molecule has 2 aromatic rings. The van der Waals surface area contributed by atoms with Gasteiger partial charge >= 0.3 is 12.1 Å². The highest BCUT2D eigenvalue weighted by Crippen LogP contribution is 2.24. The van der Waals surface area contributed by atoms with Crippen molar-refractivity contribution in [3.63, 3.8) is 0 Å². The molecule has 23 heavy (non-hydrogen) atoms. The van der Waals surface area contributed by atoms with Crippen molar-refractivity contribution in [2.24, 2.45) is 0 Å². The molecule has 0 atom stereocenters. The third-order valence-corrected chi connectivity index (χ3v) is 3.37. The van der Waals surface area contributed by atoms with Crippen LogP contribution >= 0.6 is 0 Å². The van der Waals surface area contributed by atoms with E-state index in [4.69, 9.17) is 4.74 Å². The zero-order chi connectivity index (χ0) is 16.7. The fourth-order valence-electron chi connectivity index (χ4n) is 2.23. The number of carbonyl (C=O) groups is 2. The molecule has 0 unspecified atom stereocenters. The second-order valence-electron chi connectivity index (χ2n) is 4.96. The molecule has 2 aromatic carbocycles. The van der Waals surface area contributed by atoms with Crippen LogP contribution in [0.15, 0.2) is 48.5 Å². The normalized spacial score (nSPS) is 10.1. The molecule has 0 bridgehead atoms. The molecule has 1 amide bonds. The Balaban J connectivity index is 2.03. The fraction of sp³-hybridized carbons (Fsp3) is 0.222. The van der Waals surface area contributed by atoms with Gasteiger partial charge in [0.2, 0.25) is 0 Å². The summed E-state index contributed by atoms with van der Waals surface area (Å²) >= 11 is 0. The van der Waals surface area contributed by atoms with Crippen LogP contribution in [0.2, 0.25) is 0 Å². The maximum Gasteiger partial charge on any atom is 0.407 e. The lowest BCUT2D eigenvalue weighted by molar-refractivity contribution is 0.0697. The Kier molecular flexibility index (Phi) is 5.74. The van der Waals surface area contributed by atoms with E-state index >= 15 is 0 Å². The Morgan fingerprint density at radius 3 is 2.43 bits per heavy atom. The minimum Gasteiger partial charge on any atom is -0.478 e. The number of hydrogen-bond acceptors (Lipinski definition) is 3. The summed E-state index contributed by atoms with van der Waals surface area (Å²) in [6, 6.07) is 14.5. The first-order chi connectivity index (χ1) is 11.1. The number of aromatic carboxylic acids is 1. The Morgan fingerprint density at radius 2 is 1.78 bits per heavy atom. The van der Waals surface area contributed by atoms with Crippen molar-refractivity contribution >= 4 is 12.1 Å². The molecule has 120 valence electrons. The van der Waals surface area contributed by atoms with E-state index in [1.807, 2.05) is 37.3 Å². The number of carboxylic acid groups (broad SMARTS) is 1. The van der Waals surface area contributed by atoms with E-state index in [0.29, 0.717) is 25.1 Å². The molecule has 5 heteroatoms. The number of nitrogens with one attached hydrogen (secondary N) is 1. The van der Waals surface area contributed by atoms with Crippen LogP contribution in [-0.4, -0.2) is 30.3 Å². The van der Waals surface area contributed by atoms with Crippen LogP contribution in [0.25, 0.3) is 11.1 Å². The van der Waals surface area contributed by atoms with Gasteiger partial charge in [-0.3, -0.25) is 0 Å². The van der Waals surface area contributed by atoms with Gasteiger partial charge in [0.1, 0.15) is 0 Å². The topological polar surface area (TPSA) is 75.6 Å². The molecule has 0 saturated heterocycles. The number of carbonyl (C=O) groups excluding carboxylic acids is 1. The Labute approximate surface area is 134 Å². The average molecular weight is 313 g/mol.